The lowest BCUT2D eigenvalue weighted by molar-refractivity contribution is -0.139. The van der Waals surface area contributed by atoms with E-state index in [2.05, 4.69) is 10.00 Å². The van der Waals surface area contributed by atoms with Crippen LogP contribution in [-0.2, 0) is 16.1 Å². The summed E-state index contributed by atoms with van der Waals surface area (Å²) in [4.78, 5) is 29.9. The highest BCUT2D eigenvalue weighted by Crippen LogP contribution is 2.35. The molecule has 3 heterocycles. The highest BCUT2D eigenvalue weighted by molar-refractivity contribution is 5.92. The number of carbonyl (C=O) groups is 2. The molecule has 1 atom stereocenters. The van der Waals surface area contributed by atoms with Crippen molar-refractivity contribution in [1.82, 2.24) is 19.6 Å². The molecule has 3 aliphatic rings. The Morgan fingerprint density at radius 1 is 1.19 bits per heavy atom. The van der Waals surface area contributed by atoms with Gasteiger partial charge in [0.25, 0.3) is 5.91 Å². The van der Waals surface area contributed by atoms with E-state index in [0.717, 1.165) is 45.3 Å². The second-order valence-electron chi connectivity index (χ2n) is 7.59. The number of likely N-dealkylation sites (tertiary alicyclic amines) is 1. The zero-order valence-electron chi connectivity index (χ0n) is 15.5. The maximum Gasteiger partial charge on any atom is 0.272 e. The fourth-order valence-electron chi connectivity index (χ4n) is 4.24. The van der Waals surface area contributed by atoms with Crippen molar-refractivity contribution in [2.75, 3.05) is 26.3 Å². The minimum absolute atomic E-state index is 0.0256. The third-order valence-corrected chi connectivity index (χ3v) is 5.84. The molecule has 0 bridgehead atoms. The third-order valence-electron chi connectivity index (χ3n) is 5.84. The molecule has 0 spiro atoms. The molecule has 0 aromatic carbocycles. The number of aromatic nitrogens is 2. The Morgan fingerprint density at radius 2 is 1.96 bits per heavy atom. The van der Waals surface area contributed by atoms with E-state index in [4.69, 9.17) is 4.74 Å². The number of hydrogen-bond donors (Lipinski definition) is 0. The van der Waals surface area contributed by atoms with Gasteiger partial charge in [-0.2, -0.15) is 5.10 Å². The van der Waals surface area contributed by atoms with E-state index in [1.165, 1.54) is 0 Å². The molecule has 142 valence electrons. The number of amides is 2. The standard InChI is InChI=1S/C19H28N4O3/c1-2-22-17(5-9-20-22)19(25)21-10-6-16(13-21)23(18(24)14-3-4-14)15-7-11-26-12-8-15/h5,9,14-16H,2-4,6-8,10-13H2,1H3. The predicted molar refractivity (Wildman–Crippen MR) is 95.6 cm³/mol. The Labute approximate surface area is 154 Å². The third kappa shape index (κ3) is 3.37. The molecule has 1 saturated carbocycles. The summed E-state index contributed by atoms with van der Waals surface area (Å²) in [5, 5.41) is 4.21. The van der Waals surface area contributed by atoms with Crippen molar-refractivity contribution in [3.8, 4) is 0 Å². The van der Waals surface area contributed by atoms with Crippen LogP contribution in [0.1, 0.15) is 49.5 Å². The van der Waals surface area contributed by atoms with Crippen molar-refractivity contribution >= 4 is 11.8 Å². The van der Waals surface area contributed by atoms with Gasteiger partial charge in [-0.3, -0.25) is 14.3 Å². The smallest absolute Gasteiger partial charge is 0.272 e. The summed E-state index contributed by atoms with van der Waals surface area (Å²) in [6.45, 7) is 5.45. The fourth-order valence-corrected chi connectivity index (χ4v) is 4.24. The Balaban J connectivity index is 1.47. The highest BCUT2D eigenvalue weighted by atomic mass is 16.5. The molecule has 7 heteroatoms. The first kappa shape index (κ1) is 17.5. The molecule has 1 aromatic heterocycles. The fraction of sp³-hybridized carbons (Fsp3) is 0.737. The predicted octanol–water partition coefficient (Wildman–Crippen LogP) is 1.54. The maximum absolute atomic E-state index is 13.0. The minimum atomic E-state index is 0.0256. The minimum Gasteiger partial charge on any atom is -0.381 e. The van der Waals surface area contributed by atoms with Crippen LogP contribution in [0.3, 0.4) is 0 Å². The molecule has 2 amide bonds. The molecular weight excluding hydrogens is 332 g/mol. The Hall–Kier alpha value is -1.89. The van der Waals surface area contributed by atoms with Crippen LogP contribution in [-0.4, -0.2) is 69.8 Å². The van der Waals surface area contributed by atoms with Gasteiger partial charge >= 0.3 is 0 Å². The first-order valence-corrected chi connectivity index (χ1v) is 9.90. The summed E-state index contributed by atoms with van der Waals surface area (Å²) >= 11 is 0. The van der Waals surface area contributed by atoms with Gasteiger partial charge in [0.05, 0.1) is 6.04 Å². The van der Waals surface area contributed by atoms with Gasteiger partial charge in [-0.1, -0.05) is 0 Å². The molecule has 4 rings (SSSR count). The molecule has 2 saturated heterocycles. The summed E-state index contributed by atoms with van der Waals surface area (Å²) in [6, 6.07) is 2.18. The molecule has 1 unspecified atom stereocenters. The van der Waals surface area contributed by atoms with Gasteiger partial charge in [0.2, 0.25) is 5.91 Å². The maximum atomic E-state index is 13.0. The van der Waals surface area contributed by atoms with Crippen molar-refractivity contribution in [2.45, 2.75) is 57.7 Å². The SMILES string of the molecule is CCn1nccc1C(=O)N1CCC(N(C(=O)C2CC2)C2CCOCC2)C1. The monoisotopic (exact) mass is 360 g/mol. The van der Waals surface area contributed by atoms with Gasteiger partial charge in [-0.05, 0) is 45.1 Å². The van der Waals surface area contributed by atoms with Crippen LogP contribution in [0.15, 0.2) is 12.3 Å². The average molecular weight is 360 g/mol. The van der Waals surface area contributed by atoms with Crippen LogP contribution in [0.4, 0.5) is 0 Å². The Kier molecular flexibility index (Phi) is 4.98. The lowest BCUT2D eigenvalue weighted by atomic mass is 10.0. The largest absolute Gasteiger partial charge is 0.381 e. The van der Waals surface area contributed by atoms with E-state index in [1.54, 1.807) is 16.9 Å². The van der Waals surface area contributed by atoms with Crippen LogP contribution in [0.5, 0.6) is 0 Å². The first-order chi connectivity index (χ1) is 12.7. The molecule has 7 nitrogen and oxygen atoms in total. The zero-order chi connectivity index (χ0) is 18.1. The number of aryl methyl sites for hydroxylation is 1. The topological polar surface area (TPSA) is 67.7 Å². The second kappa shape index (κ2) is 7.39. The molecule has 1 aliphatic carbocycles. The van der Waals surface area contributed by atoms with Gasteiger partial charge in [0.15, 0.2) is 0 Å². The van der Waals surface area contributed by atoms with Crippen molar-refractivity contribution in [2.24, 2.45) is 5.92 Å². The summed E-state index contributed by atoms with van der Waals surface area (Å²) in [7, 11) is 0. The van der Waals surface area contributed by atoms with Gasteiger partial charge in [0.1, 0.15) is 5.69 Å². The summed E-state index contributed by atoms with van der Waals surface area (Å²) in [6.07, 6.45) is 6.39. The number of carbonyl (C=O) groups excluding carboxylic acids is 2. The number of rotatable bonds is 5. The van der Waals surface area contributed by atoms with E-state index in [1.807, 2.05) is 11.8 Å². The van der Waals surface area contributed by atoms with Crippen molar-refractivity contribution in [3.05, 3.63) is 18.0 Å². The second-order valence-corrected chi connectivity index (χ2v) is 7.59. The quantitative estimate of drug-likeness (QED) is 0.799. The number of ether oxygens (including phenoxy) is 1. The molecular formula is C19H28N4O3. The van der Waals surface area contributed by atoms with Gasteiger partial charge in [-0.25, -0.2) is 0 Å². The molecule has 3 fully saturated rings. The first-order valence-electron chi connectivity index (χ1n) is 9.90. The Morgan fingerprint density at radius 3 is 2.65 bits per heavy atom. The molecule has 1 aromatic rings. The van der Waals surface area contributed by atoms with Gasteiger partial charge in [0, 0.05) is 51.0 Å². The highest BCUT2D eigenvalue weighted by Gasteiger charge is 2.42. The van der Waals surface area contributed by atoms with Crippen LogP contribution in [0, 0.1) is 5.92 Å². The lowest BCUT2D eigenvalue weighted by Crippen LogP contribution is -2.51. The van der Waals surface area contributed by atoms with Crippen LogP contribution in [0.25, 0.3) is 0 Å². The van der Waals surface area contributed by atoms with E-state index in [0.29, 0.717) is 31.2 Å². The van der Waals surface area contributed by atoms with E-state index < -0.39 is 0 Å². The van der Waals surface area contributed by atoms with Crippen molar-refractivity contribution < 1.29 is 14.3 Å². The summed E-state index contributed by atoms with van der Waals surface area (Å²) in [5.41, 5.74) is 0.638. The van der Waals surface area contributed by atoms with Crippen LogP contribution >= 0.6 is 0 Å². The molecule has 26 heavy (non-hydrogen) atoms. The summed E-state index contributed by atoms with van der Waals surface area (Å²) in [5.74, 6) is 0.538. The summed E-state index contributed by atoms with van der Waals surface area (Å²) < 4.78 is 7.23. The number of nitrogens with zero attached hydrogens (tertiary/aromatic N) is 4. The molecule has 0 N–H and O–H groups in total. The van der Waals surface area contributed by atoms with Gasteiger partial charge in [-0.15, -0.1) is 0 Å². The van der Waals surface area contributed by atoms with Crippen molar-refractivity contribution in [1.29, 1.82) is 0 Å². The number of hydrogen-bond acceptors (Lipinski definition) is 4. The van der Waals surface area contributed by atoms with Gasteiger partial charge < -0.3 is 14.5 Å². The average Bonchev–Trinajstić information content (AvgIpc) is 3.22. The van der Waals surface area contributed by atoms with Crippen molar-refractivity contribution in [3.63, 3.8) is 0 Å². The van der Waals surface area contributed by atoms with E-state index in [9.17, 15) is 9.59 Å². The van der Waals surface area contributed by atoms with E-state index in [-0.39, 0.29) is 23.9 Å². The van der Waals surface area contributed by atoms with Crippen LogP contribution < -0.4 is 0 Å². The Bertz CT molecular complexity index is 663. The zero-order valence-corrected chi connectivity index (χ0v) is 15.5. The van der Waals surface area contributed by atoms with E-state index >= 15 is 0 Å². The normalized spacial score (nSPS) is 24.0. The van der Waals surface area contributed by atoms with Crippen LogP contribution in [0.2, 0.25) is 0 Å². The molecule has 0 radical (unpaired) electrons. The molecule has 2 aliphatic heterocycles. The lowest BCUT2D eigenvalue weighted by Gasteiger charge is -2.38.